The Kier molecular flexibility index (Phi) is 9.66. The molecule has 198 valence electrons. The Morgan fingerprint density at radius 1 is 1.19 bits per heavy atom. The third-order valence-electron chi connectivity index (χ3n) is 5.91. The van der Waals surface area contributed by atoms with Gasteiger partial charge in [-0.3, -0.25) is 5.32 Å². The molecule has 3 N–H and O–H groups in total. The number of urea groups is 1. The molecule has 1 atom stereocenters. The predicted molar refractivity (Wildman–Crippen MR) is 142 cm³/mol. The number of likely N-dealkylation sites (N-methyl/N-ethyl adjacent to an activating group) is 1. The van der Waals surface area contributed by atoms with Crippen LogP contribution in [0.5, 0.6) is 0 Å². The number of amides is 3. The van der Waals surface area contributed by atoms with Gasteiger partial charge in [-0.25, -0.2) is 19.0 Å². The number of fused-ring (bicyclic) bond motifs is 1. The smallest absolute Gasteiger partial charge is 0.412 e. The molecule has 3 amide bonds. The lowest BCUT2D eigenvalue weighted by atomic mass is 9.99. The van der Waals surface area contributed by atoms with Crippen molar-refractivity contribution in [2.75, 3.05) is 19.0 Å². The van der Waals surface area contributed by atoms with Gasteiger partial charge in [0.1, 0.15) is 18.2 Å². The summed E-state index contributed by atoms with van der Waals surface area (Å²) < 4.78 is 18.7. The van der Waals surface area contributed by atoms with Crippen LogP contribution in [0.2, 0.25) is 5.02 Å². The molecule has 8 nitrogen and oxygen atoms in total. The number of hydrogen-bond acceptors (Lipinski definition) is 5. The Bertz CT molecular complexity index is 1230. The van der Waals surface area contributed by atoms with Crippen LogP contribution in [-0.4, -0.2) is 52.4 Å². The number of aliphatic hydroxyl groups is 1. The Morgan fingerprint density at radius 2 is 1.92 bits per heavy atom. The summed E-state index contributed by atoms with van der Waals surface area (Å²) >= 11 is 6.05. The van der Waals surface area contributed by atoms with Crippen molar-refractivity contribution in [2.24, 2.45) is 0 Å². The lowest BCUT2D eigenvalue weighted by Gasteiger charge is -2.29. The van der Waals surface area contributed by atoms with Crippen molar-refractivity contribution < 1.29 is 23.8 Å². The van der Waals surface area contributed by atoms with E-state index in [1.54, 1.807) is 33.2 Å². The molecule has 0 fully saturated rings. The van der Waals surface area contributed by atoms with Gasteiger partial charge in [0, 0.05) is 30.2 Å². The van der Waals surface area contributed by atoms with Gasteiger partial charge in [0.25, 0.3) is 0 Å². The van der Waals surface area contributed by atoms with E-state index in [1.807, 2.05) is 24.3 Å². The van der Waals surface area contributed by atoms with Crippen molar-refractivity contribution >= 4 is 40.3 Å². The molecule has 0 aliphatic rings. The van der Waals surface area contributed by atoms with Crippen LogP contribution in [0, 0.1) is 5.82 Å². The average Bonchev–Trinajstić information content (AvgIpc) is 2.84. The van der Waals surface area contributed by atoms with Crippen molar-refractivity contribution in [1.82, 2.24) is 15.2 Å². The molecule has 0 saturated carbocycles. The van der Waals surface area contributed by atoms with Gasteiger partial charge in [0.2, 0.25) is 0 Å². The number of nitrogens with zero attached hydrogens (tertiary/aromatic N) is 2. The second-order valence-electron chi connectivity index (χ2n) is 9.50. The van der Waals surface area contributed by atoms with Crippen LogP contribution in [0.1, 0.15) is 38.7 Å². The second-order valence-corrected chi connectivity index (χ2v) is 9.91. The first-order valence-corrected chi connectivity index (χ1v) is 12.3. The summed E-state index contributed by atoms with van der Waals surface area (Å²) in [6.45, 7) is 3.47. The number of halogens is 2. The Morgan fingerprint density at radius 3 is 2.62 bits per heavy atom. The van der Waals surface area contributed by atoms with Crippen molar-refractivity contribution in [3.63, 3.8) is 0 Å². The molecule has 3 rings (SSSR count). The van der Waals surface area contributed by atoms with Gasteiger partial charge in [0.15, 0.2) is 0 Å². The first-order valence-electron chi connectivity index (χ1n) is 12.0. The van der Waals surface area contributed by atoms with E-state index in [0.29, 0.717) is 30.6 Å². The number of nitrogens with one attached hydrogen (secondary N) is 2. The summed E-state index contributed by atoms with van der Waals surface area (Å²) in [5.74, 6) is -0.108. The van der Waals surface area contributed by atoms with E-state index in [0.717, 1.165) is 10.8 Å². The largest absolute Gasteiger partial charge is 0.447 e. The molecule has 0 unspecified atom stereocenters. The molecule has 37 heavy (non-hydrogen) atoms. The zero-order valence-electron chi connectivity index (χ0n) is 21.1. The molecule has 0 bridgehead atoms. The number of hydrogen-bond donors (Lipinski definition) is 3. The van der Waals surface area contributed by atoms with Gasteiger partial charge >= 0.3 is 12.1 Å². The first-order chi connectivity index (χ1) is 17.5. The van der Waals surface area contributed by atoms with Crippen LogP contribution in [0.25, 0.3) is 10.8 Å². The van der Waals surface area contributed by atoms with E-state index in [4.69, 9.17) is 16.3 Å². The van der Waals surface area contributed by atoms with Crippen LogP contribution >= 0.6 is 11.6 Å². The van der Waals surface area contributed by atoms with Gasteiger partial charge in [0.05, 0.1) is 11.6 Å². The zero-order valence-corrected chi connectivity index (χ0v) is 21.9. The fraction of sp³-hybridized carbons (Fsp3) is 0.370. The van der Waals surface area contributed by atoms with E-state index in [-0.39, 0.29) is 18.2 Å². The van der Waals surface area contributed by atoms with E-state index < -0.39 is 29.6 Å². The van der Waals surface area contributed by atoms with Crippen LogP contribution in [0.3, 0.4) is 0 Å². The normalized spacial score (nSPS) is 12.2. The SMILES string of the molecule is CN(C(=O)NCc1ccc(F)cc1Cl)[C@@H](CCCC(C)(C)O)COC(=O)Nc1cc2ccccc2cn1. The topological polar surface area (TPSA) is 104 Å². The lowest BCUT2D eigenvalue weighted by Crippen LogP contribution is -2.46. The van der Waals surface area contributed by atoms with Crippen molar-refractivity contribution in [1.29, 1.82) is 0 Å². The summed E-state index contributed by atoms with van der Waals surface area (Å²) in [4.78, 5) is 31.0. The average molecular weight is 531 g/mol. The molecule has 1 heterocycles. The summed E-state index contributed by atoms with van der Waals surface area (Å²) in [5.41, 5.74) is -0.285. The lowest BCUT2D eigenvalue weighted by molar-refractivity contribution is 0.0625. The van der Waals surface area contributed by atoms with Crippen molar-refractivity contribution in [3.05, 3.63) is 71.1 Å². The quantitative estimate of drug-likeness (QED) is 0.311. The van der Waals surface area contributed by atoms with Crippen molar-refractivity contribution in [2.45, 2.75) is 51.3 Å². The molecule has 2 aromatic carbocycles. The van der Waals surface area contributed by atoms with E-state index in [2.05, 4.69) is 15.6 Å². The molecule has 0 spiro atoms. The van der Waals surface area contributed by atoms with Crippen LogP contribution in [-0.2, 0) is 11.3 Å². The highest BCUT2D eigenvalue weighted by molar-refractivity contribution is 6.31. The minimum absolute atomic E-state index is 0.0630. The Hall–Kier alpha value is -3.43. The molecule has 1 aromatic heterocycles. The van der Waals surface area contributed by atoms with Crippen LogP contribution in [0.15, 0.2) is 54.7 Å². The first kappa shape index (κ1) is 28.1. The van der Waals surface area contributed by atoms with E-state index >= 15 is 0 Å². The second kappa shape index (κ2) is 12.7. The van der Waals surface area contributed by atoms with E-state index in [1.165, 1.54) is 23.1 Å². The minimum Gasteiger partial charge on any atom is -0.447 e. The van der Waals surface area contributed by atoms with Gasteiger partial charge < -0.3 is 20.1 Å². The maximum Gasteiger partial charge on any atom is 0.412 e. The number of aromatic nitrogens is 1. The number of carbonyl (C=O) groups excluding carboxylic acids is 2. The highest BCUT2D eigenvalue weighted by Crippen LogP contribution is 2.19. The Balaban J connectivity index is 1.60. The highest BCUT2D eigenvalue weighted by atomic mass is 35.5. The van der Waals surface area contributed by atoms with E-state index in [9.17, 15) is 19.1 Å². The van der Waals surface area contributed by atoms with Gasteiger partial charge in [-0.15, -0.1) is 0 Å². The zero-order chi connectivity index (χ0) is 27.0. The fourth-order valence-corrected chi connectivity index (χ4v) is 3.98. The fourth-order valence-electron chi connectivity index (χ4n) is 3.75. The third-order valence-corrected chi connectivity index (χ3v) is 6.26. The number of rotatable bonds is 10. The highest BCUT2D eigenvalue weighted by Gasteiger charge is 2.23. The molecular weight excluding hydrogens is 499 g/mol. The Labute approximate surface area is 220 Å². The monoisotopic (exact) mass is 530 g/mol. The molecule has 0 aliphatic heterocycles. The van der Waals surface area contributed by atoms with Crippen LogP contribution in [0.4, 0.5) is 19.8 Å². The van der Waals surface area contributed by atoms with Gasteiger partial charge in [-0.1, -0.05) is 41.9 Å². The standard InChI is InChI=1S/C27H32ClFN4O4/c1-27(2,36)12-6-9-22(33(3)25(34)31-16-20-10-11-21(29)14-23(20)28)17-37-26(35)32-24-13-18-7-4-5-8-19(18)15-30-24/h4-5,7-8,10-11,13-15,22,36H,6,9,12,16-17H2,1-3H3,(H,31,34)(H,30,32,35)/t22-/m0/s1. The number of pyridine rings is 1. The molecule has 0 radical (unpaired) electrons. The molecular formula is C27H32ClFN4O4. The molecule has 0 saturated heterocycles. The molecule has 10 heteroatoms. The van der Waals surface area contributed by atoms with Crippen LogP contribution < -0.4 is 10.6 Å². The maximum absolute atomic E-state index is 13.3. The number of carbonyl (C=O) groups is 2. The number of benzene rings is 2. The molecule has 3 aromatic rings. The maximum atomic E-state index is 13.3. The summed E-state index contributed by atoms with van der Waals surface area (Å²) in [5, 5.41) is 17.5. The predicted octanol–water partition coefficient (Wildman–Crippen LogP) is 5.73. The number of ether oxygens (including phenoxy) is 1. The summed E-state index contributed by atoms with van der Waals surface area (Å²) in [6.07, 6.45) is 2.58. The molecule has 0 aliphatic carbocycles. The van der Waals surface area contributed by atoms with Gasteiger partial charge in [-0.2, -0.15) is 0 Å². The van der Waals surface area contributed by atoms with Gasteiger partial charge in [-0.05, 0) is 62.3 Å². The summed E-state index contributed by atoms with van der Waals surface area (Å²) in [7, 11) is 1.60. The third kappa shape index (κ3) is 8.87. The van der Waals surface area contributed by atoms with Crippen molar-refractivity contribution in [3.8, 4) is 0 Å². The minimum atomic E-state index is -0.856. The number of anilines is 1. The summed E-state index contributed by atoms with van der Waals surface area (Å²) in [6, 6.07) is 12.5.